The van der Waals surface area contributed by atoms with E-state index in [1.165, 1.54) is 36.5 Å². The SMILES string of the molecule is COC(=O)CN(CCc1c[nH]c2ccc(F)cc12)C(=O)c1nccnc1-c1ccc(C)c(C)c1. The van der Waals surface area contributed by atoms with Gasteiger partial charge in [0, 0.05) is 41.6 Å². The number of rotatable bonds is 7. The summed E-state index contributed by atoms with van der Waals surface area (Å²) in [4.78, 5) is 38.9. The van der Waals surface area contributed by atoms with Crippen LogP contribution in [0.15, 0.2) is 55.0 Å². The molecule has 0 fully saturated rings. The number of benzene rings is 2. The molecule has 0 bridgehead atoms. The van der Waals surface area contributed by atoms with Gasteiger partial charge in [-0.15, -0.1) is 0 Å². The average molecular weight is 461 g/mol. The van der Waals surface area contributed by atoms with Crippen LogP contribution in [0.3, 0.4) is 0 Å². The number of methoxy groups -OCH3 is 1. The Kier molecular flexibility index (Phi) is 6.67. The number of amides is 1. The maximum absolute atomic E-state index is 13.8. The Labute approximate surface area is 196 Å². The molecular formula is C26H25FN4O3. The maximum Gasteiger partial charge on any atom is 0.325 e. The first kappa shape index (κ1) is 23.1. The van der Waals surface area contributed by atoms with Gasteiger partial charge >= 0.3 is 5.97 Å². The molecule has 1 N–H and O–H groups in total. The number of aromatic nitrogens is 3. The molecule has 4 aromatic rings. The van der Waals surface area contributed by atoms with Gasteiger partial charge < -0.3 is 14.6 Å². The van der Waals surface area contributed by atoms with Crippen molar-refractivity contribution in [1.82, 2.24) is 19.9 Å². The van der Waals surface area contributed by atoms with Gasteiger partial charge in [0.05, 0.1) is 7.11 Å². The monoisotopic (exact) mass is 460 g/mol. The number of nitrogens with one attached hydrogen (secondary N) is 1. The van der Waals surface area contributed by atoms with Gasteiger partial charge in [0.25, 0.3) is 5.91 Å². The number of carbonyl (C=O) groups excluding carboxylic acids is 2. The van der Waals surface area contributed by atoms with E-state index in [1.54, 1.807) is 12.3 Å². The van der Waals surface area contributed by atoms with E-state index in [9.17, 15) is 14.0 Å². The number of fused-ring (bicyclic) bond motifs is 1. The molecule has 8 heteroatoms. The van der Waals surface area contributed by atoms with Gasteiger partial charge in [0.2, 0.25) is 0 Å². The van der Waals surface area contributed by atoms with E-state index in [0.29, 0.717) is 12.1 Å². The summed E-state index contributed by atoms with van der Waals surface area (Å²) >= 11 is 0. The highest BCUT2D eigenvalue weighted by molar-refractivity contribution is 5.99. The zero-order valence-electron chi connectivity index (χ0n) is 19.3. The van der Waals surface area contributed by atoms with Crippen LogP contribution in [0.4, 0.5) is 4.39 Å². The van der Waals surface area contributed by atoms with Crippen LogP contribution in [0.25, 0.3) is 22.2 Å². The molecule has 2 aromatic heterocycles. The molecule has 0 radical (unpaired) electrons. The standard InChI is InChI=1S/C26H25FN4O3/c1-16-4-5-18(12-17(16)2)24-25(29-10-9-28-24)26(33)31(15-23(32)34-3)11-8-19-14-30-22-7-6-20(27)13-21(19)22/h4-7,9-10,12-14,30H,8,11,15H2,1-3H3. The molecule has 0 aliphatic heterocycles. The Balaban J connectivity index is 1.65. The topological polar surface area (TPSA) is 88.2 Å². The molecule has 2 heterocycles. The lowest BCUT2D eigenvalue weighted by molar-refractivity contribution is -0.141. The zero-order chi connectivity index (χ0) is 24.2. The number of H-pyrrole nitrogens is 1. The van der Waals surface area contributed by atoms with Crippen LogP contribution in [0.1, 0.15) is 27.2 Å². The Morgan fingerprint density at radius 2 is 1.85 bits per heavy atom. The number of esters is 1. The first-order chi connectivity index (χ1) is 16.4. The second kappa shape index (κ2) is 9.82. The van der Waals surface area contributed by atoms with E-state index in [0.717, 1.165) is 33.2 Å². The second-order valence-corrected chi connectivity index (χ2v) is 8.11. The number of ether oxygens (including phenoxy) is 1. The first-order valence-electron chi connectivity index (χ1n) is 10.9. The van der Waals surface area contributed by atoms with Crippen LogP contribution in [0, 0.1) is 19.7 Å². The molecule has 4 rings (SSSR count). The fraction of sp³-hybridized carbons (Fsp3) is 0.231. The van der Waals surface area contributed by atoms with E-state index >= 15 is 0 Å². The normalized spacial score (nSPS) is 10.9. The molecular weight excluding hydrogens is 435 g/mol. The zero-order valence-corrected chi connectivity index (χ0v) is 19.3. The predicted octanol–water partition coefficient (Wildman–Crippen LogP) is 4.24. The molecule has 34 heavy (non-hydrogen) atoms. The summed E-state index contributed by atoms with van der Waals surface area (Å²) in [5, 5.41) is 0.737. The van der Waals surface area contributed by atoms with Crippen molar-refractivity contribution in [1.29, 1.82) is 0 Å². The molecule has 0 spiro atoms. The summed E-state index contributed by atoms with van der Waals surface area (Å²) in [6, 6.07) is 10.3. The summed E-state index contributed by atoms with van der Waals surface area (Å²) < 4.78 is 18.6. The Bertz CT molecular complexity index is 1370. The Morgan fingerprint density at radius 3 is 2.62 bits per heavy atom. The molecule has 1 amide bonds. The lowest BCUT2D eigenvalue weighted by Gasteiger charge is -2.22. The molecule has 0 saturated carbocycles. The van der Waals surface area contributed by atoms with Crippen molar-refractivity contribution < 1.29 is 18.7 Å². The highest BCUT2D eigenvalue weighted by Gasteiger charge is 2.24. The van der Waals surface area contributed by atoms with Crippen molar-refractivity contribution in [3.63, 3.8) is 0 Å². The number of hydrogen-bond acceptors (Lipinski definition) is 5. The van der Waals surface area contributed by atoms with Crippen molar-refractivity contribution in [2.75, 3.05) is 20.2 Å². The van der Waals surface area contributed by atoms with E-state index in [-0.39, 0.29) is 24.6 Å². The van der Waals surface area contributed by atoms with Gasteiger partial charge in [-0.1, -0.05) is 12.1 Å². The van der Waals surface area contributed by atoms with Crippen LogP contribution in [0.2, 0.25) is 0 Å². The molecule has 174 valence electrons. The molecule has 0 unspecified atom stereocenters. The molecule has 2 aromatic carbocycles. The van der Waals surface area contributed by atoms with Crippen molar-refractivity contribution in [3.8, 4) is 11.3 Å². The van der Waals surface area contributed by atoms with Crippen LogP contribution in [-0.2, 0) is 16.0 Å². The van der Waals surface area contributed by atoms with Gasteiger partial charge in [-0.25, -0.2) is 9.37 Å². The minimum absolute atomic E-state index is 0.152. The number of carbonyl (C=O) groups is 2. The minimum Gasteiger partial charge on any atom is -0.468 e. The Hall–Kier alpha value is -4.07. The van der Waals surface area contributed by atoms with E-state index in [4.69, 9.17) is 4.74 Å². The minimum atomic E-state index is -0.546. The first-order valence-corrected chi connectivity index (χ1v) is 10.9. The molecule has 0 atom stereocenters. The third-order valence-electron chi connectivity index (χ3n) is 5.90. The number of nitrogens with zero attached hydrogens (tertiary/aromatic N) is 3. The summed E-state index contributed by atoms with van der Waals surface area (Å²) in [6.45, 7) is 3.97. The number of halogens is 1. The van der Waals surface area contributed by atoms with Crippen LogP contribution >= 0.6 is 0 Å². The molecule has 0 aliphatic carbocycles. The van der Waals surface area contributed by atoms with Crippen molar-refractivity contribution >= 4 is 22.8 Å². The van der Waals surface area contributed by atoms with Crippen LogP contribution in [0.5, 0.6) is 0 Å². The summed E-state index contributed by atoms with van der Waals surface area (Å²) in [6.07, 6.45) is 5.18. The highest BCUT2D eigenvalue weighted by Crippen LogP contribution is 2.24. The third kappa shape index (κ3) is 4.80. The summed E-state index contributed by atoms with van der Waals surface area (Å²) in [7, 11) is 1.27. The van der Waals surface area contributed by atoms with Crippen LogP contribution < -0.4 is 0 Å². The van der Waals surface area contributed by atoms with E-state index in [1.807, 2.05) is 32.0 Å². The van der Waals surface area contributed by atoms with Crippen molar-refractivity contribution in [3.05, 3.63) is 83.2 Å². The van der Waals surface area contributed by atoms with E-state index < -0.39 is 11.9 Å². The average Bonchev–Trinajstić information content (AvgIpc) is 3.24. The lowest BCUT2D eigenvalue weighted by Crippen LogP contribution is -2.38. The van der Waals surface area contributed by atoms with E-state index in [2.05, 4.69) is 15.0 Å². The van der Waals surface area contributed by atoms with Crippen molar-refractivity contribution in [2.45, 2.75) is 20.3 Å². The molecule has 7 nitrogen and oxygen atoms in total. The fourth-order valence-corrected chi connectivity index (χ4v) is 3.83. The second-order valence-electron chi connectivity index (χ2n) is 8.11. The number of aryl methyl sites for hydroxylation is 2. The quantitative estimate of drug-likeness (QED) is 0.417. The molecule has 0 saturated heterocycles. The largest absolute Gasteiger partial charge is 0.468 e. The number of hydrogen-bond donors (Lipinski definition) is 1. The predicted molar refractivity (Wildman–Crippen MR) is 127 cm³/mol. The van der Waals surface area contributed by atoms with Gasteiger partial charge in [-0.3, -0.25) is 14.6 Å². The Morgan fingerprint density at radius 1 is 1.06 bits per heavy atom. The highest BCUT2D eigenvalue weighted by atomic mass is 19.1. The van der Waals surface area contributed by atoms with Crippen molar-refractivity contribution in [2.24, 2.45) is 0 Å². The maximum atomic E-state index is 13.8. The smallest absolute Gasteiger partial charge is 0.325 e. The summed E-state index contributed by atoms with van der Waals surface area (Å²) in [5.41, 5.74) is 5.20. The summed E-state index contributed by atoms with van der Waals surface area (Å²) in [5.74, 6) is -1.32. The van der Waals surface area contributed by atoms with Gasteiger partial charge in [0.15, 0.2) is 5.69 Å². The third-order valence-corrected chi connectivity index (χ3v) is 5.90. The van der Waals surface area contributed by atoms with Crippen LogP contribution in [-0.4, -0.2) is 51.9 Å². The van der Waals surface area contributed by atoms with Gasteiger partial charge in [0.1, 0.15) is 18.1 Å². The molecule has 0 aliphatic rings. The van der Waals surface area contributed by atoms with Gasteiger partial charge in [-0.05, 0) is 61.2 Å². The van der Waals surface area contributed by atoms with Gasteiger partial charge in [-0.2, -0.15) is 0 Å². The lowest BCUT2D eigenvalue weighted by atomic mass is 10.0. The number of aromatic amines is 1. The fourth-order valence-electron chi connectivity index (χ4n) is 3.83.